The molecule has 3 nitrogen and oxygen atoms in total. The Labute approximate surface area is 101 Å². The van der Waals surface area contributed by atoms with Gasteiger partial charge in [-0.2, -0.15) is 0 Å². The first kappa shape index (κ1) is 11.5. The van der Waals surface area contributed by atoms with Gasteiger partial charge in [-0.25, -0.2) is 4.79 Å². The van der Waals surface area contributed by atoms with Crippen LogP contribution in [0.25, 0.3) is 0 Å². The predicted molar refractivity (Wildman–Crippen MR) is 66.3 cm³/mol. The van der Waals surface area contributed by atoms with Crippen molar-refractivity contribution in [3.63, 3.8) is 0 Å². The first-order valence-electron chi connectivity index (χ1n) is 5.52. The number of allylic oxidation sites excluding steroid dienone is 2. The van der Waals surface area contributed by atoms with E-state index in [1.54, 1.807) is 11.1 Å². The second-order valence-electron chi connectivity index (χ2n) is 4.07. The van der Waals surface area contributed by atoms with Gasteiger partial charge in [0, 0.05) is 6.20 Å². The molecule has 1 aromatic carbocycles. The molecule has 1 saturated heterocycles. The fourth-order valence-electron chi connectivity index (χ4n) is 1.74. The van der Waals surface area contributed by atoms with E-state index in [2.05, 4.69) is 6.58 Å². The zero-order valence-corrected chi connectivity index (χ0v) is 9.80. The second kappa shape index (κ2) is 4.87. The van der Waals surface area contributed by atoms with Crippen molar-refractivity contribution in [1.82, 2.24) is 4.90 Å². The van der Waals surface area contributed by atoms with Crippen LogP contribution in [0.3, 0.4) is 0 Å². The van der Waals surface area contributed by atoms with Crippen LogP contribution in [0.15, 0.2) is 54.8 Å². The van der Waals surface area contributed by atoms with Crippen molar-refractivity contribution >= 4 is 6.09 Å². The van der Waals surface area contributed by atoms with E-state index in [9.17, 15) is 4.79 Å². The Balaban J connectivity index is 2.22. The number of carbonyl (C=O) groups is 1. The molecule has 0 aliphatic carbocycles. The number of amides is 1. The molecule has 2 rings (SSSR count). The van der Waals surface area contributed by atoms with Crippen molar-refractivity contribution in [3.8, 4) is 0 Å². The summed E-state index contributed by atoms with van der Waals surface area (Å²) in [5.41, 5.74) is 1.97. The normalized spacial score (nSPS) is 19.7. The van der Waals surface area contributed by atoms with Crippen LogP contribution < -0.4 is 0 Å². The maximum absolute atomic E-state index is 11.6. The summed E-state index contributed by atoms with van der Waals surface area (Å²) < 4.78 is 5.07. The number of hydrogen-bond donors (Lipinski definition) is 0. The first-order chi connectivity index (χ1) is 8.18. The summed E-state index contributed by atoms with van der Waals surface area (Å²) in [5, 5.41) is 0. The third-order valence-electron chi connectivity index (χ3n) is 2.62. The molecule has 17 heavy (non-hydrogen) atoms. The average molecular weight is 229 g/mol. The quantitative estimate of drug-likeness (QED) is 0.744. The minimum absolute atomic E-state index is 0.0423. The topological polar surface area (TPSA) is 29.5 Å². The molecule has 1 aliphatic rings. The van der Waals surface area contributed by atoms with Crippen LogP contribution in [0.2, 0.25) is 0 Å². The predicted octanol–water partition coefficient (Wildman–Crippen LogP) is 3.27. The summed E-state index contributed by atoms with van der Waals surface area (Å²) in [5.74, 6) is 0. The lowest BCUT2D eigenvalue weighted by atomic mass is 10.1. The third-order valence-corrected chi connectivity index (χ3v) is 2.62. The van der Waals surface area contributed by atoms with Gasteiger partial charge in [0.25, 0.3) is 0 Å². The van der Waals surface area contributed by atoms with Crippen LogP contribution in [0.5, 0.6) is 0 Å². The lowest BCUT2D eigenvalue weighted by Gasteiger charge is -2.17. The first-order valence-corrected chi connectivity index (χ1v) is 5.52. The van der Waals surface area contributed by atoms with E-state index in [0.717, 1.165) is 11.1 Å². The molecule has 88 valence electrons. The highest BCUT2D eigenvalue weighted by atomic mass is 16.6. The molecule has 0 spiro atoms. The van der Waals surface area contributed by atoms with Gasteiger partial charge in [-0.1, -0.05) is 42.5 Å². The number of rotatable bonds is 3. The van der Waals surface area contributed by atoms with Crippen molar-refractivity contribution in [3.05, 3.63) is 60.3 Å². The van der Waals surface area contributed by atoms with Crippen molar-refractivity contribution in [2.45, 2.75) is 13.0 Å². The third kappa shape index (κ3) is 2.56. The Morgan fingerprint density at radius 3 is 2.82 bits per heavy atom. The highest BCUT2D eigenvalue weighted by Crippen LogP contribution is 2.27. The van der Waals surface area contributed by atoms with E-state index < -0.39 is 0 Å². The van der Waals surface area contributed by atoms with Crippen molar-refractivity contribution in [2.75, 3.05) is 6.61 Å². The van der Waals surface area contributed by atoms with Gasteiger partial charge in [-0.05, 0) is 18.6 Å². The lowest BCUT2D eigenvalue weighted by molar-refractivity contribution is 0.166. The molecule has 1 fully saturated rings. The highest BCUT2D eigenvalue weighted by Gasteiger charge is 2.32. The van der Waals surface area contributed by atoms with Crippen LogP contribution in [-0.4, -0.2) is 17.6 Å². The molecule has 3 heteroatoms. The van der Waals surface area contributed by atoms with Gasteiger partial charge in [0.2, 0.25) is 0 Å². The average Bonchev–Trinajstić information content (AvgIpc) is 2.69. The lowest BCUT2D eigenvalue weighted by Crippen LogP contribution is -2.21. The molecule has 1 heterocycles. The van der Waals surface area contributed by atoms with Crippen LogP contribution >= 0.6 is 0 Å². The standard InChI is InChI=1S/C14H15NO2/c1-11(2)8-9-15-13(10-17-14(15)16)12-6-4-3-5-7-12/h3-9,13H,1,10H2,2H3/b9-8+/t13-/m0/s1. The molecule has 0 unspecified atom stereocenters. The second-order valence-corrected chi connectivity index (χ2v) is 4.07. The monoisotopic (exact) mass is 229 g/mol. The molecule has 0 aromatic heterocycles. The van der Waals surface area contributed by atoms with Gasteiger partial charge in [0.1, 0.15) is 6.61 Å². The number of ether oxygens (including phenoxy) is 1. The largest absolute Gasteiger partial charge is 0.447 e. The molecule has 1 aromatic rings. The van der Waals surface area contributed by atoms with Crippen LogP contribution in [0.4, 0.5) is 4.79 Å². The summed E-state index contributed by atoms with van der Waals surface area (Å²) in [4.78, 5) is 13.2. The van der Waals surface area contributed by atoms with Crippen LogP contribution in [-0.2, 0) is 4.74 Å². The van der Waals surface area contributed by atoms with Crippen LogP contribution in [0.1, 0.15) is 18.5 Å². The molecule has 0 bridgehead atoms. The maximum atomic E-state index is 11.6. The van der Waals surface area contributed by atoms with Crippen LogP contribution in [0, 0.1) is 0 Å². The fraction of sp³-hybridized carbons (Fsp3) is 0.214. The Morgan fingerprint density at radius 1 is 1.47 bits per heavy atom. The maximum Gasteiger partial charge on any atom is 0.414 e. The van der Waals surface area contributed by atoms with E-state index >= 15 is 0 Å². The highest BCUT2D eigenvalue weighted by molar-refractivity contribution is 5.72. The molecule has 1 atom stereocenters. The van der Waals surface area contributed by atoms with Gasteiger partial charge in [-0.3, -0.25) is 4.90 Å². The zero-order valence-electron chi connectivity index (χ0n) is 9.80. The van der Waals surface area contributed by atoms with E-state index in [4.69, 9.17) is 4.74 Å². The number of benzene rings is 1. The van der Waals surface area contributed by atoms with Crippen molar-refractivity contribution < 1.29 is 9.53 Å². The Bertz CT molecular complexity index is 451. The molecule has 1 amide bonds. The van der Waals surface area contributed by atoms with E-state index in [1.165, 1.54) is 0 Å². The molecule has 0 N–H and O–H groups in total. The van der Waals surface area contributed by atoms with Gasteiger partial charge in [0.15, 0.2) is 0 Å². The fourth-order valence-corrected chi connectivity index (χ4v) is 1.74. The minimum Gasteiger partial charge on any atom is -0.447 e. The zero-order chi connectivity index (χ0) is 12.3. The smallest absolute Gasteiger partial charge is 0.414 e. The van der Waals surface area contributed by atoms with Gasteiger partial charge >= 0.3 is 6.09 Å². The molecule has 1 aliphatic heterocycles. The Hall–Kier alpha value is -2.03. The SMILES string of the molecule is C=C(C)/C=C/N1C(=O)OC[C@H]1c1ccccc1. The van der Waals surface area contributed by atoms with E-state index in [0.29, 0.717) is 6.61 Å². The Kier molecular flexibility index (Phi) is 3.28. The Morgan fingerprint density at radius 2 is 2.18 bits per heavy atom. The summed E-state index contributed by atoms with van der Waals surface area (Å²) in [6.45, 7) is 6.05. The molecule has 0 radical (unpaired) electrons. The summed E-state index contributed by atoms with van der Waals surface area (Å²) in [7, 11) is 0. The van der Waals surface area contributed by atoms with Crippen molar-refractivity contribution in [1.29, 1.82) is 0 Å². The van der Waals surface area contributed by atoms with Gasteiger partial charge in [0.05, 0.1) is 6.04 Å². The van der Waals surface area contributed by atoms with Gasteiger partial charge in [-0.15, -0.1) is 0 Å². The molecular formula is C14H15NO2. The molecular weight excluding hydrogens is 214 g/mol. The number of carbonyl (C=O) groups excluding carboxylic acids is 1. The van der Waals surface area contributed by atoms with Crippen molar-refractivity contribution in [2.24, 2.45) is 0 Å². The van der Waals surface area contributed by atoms with E-state index in [1.807, 2.05) is 43.3 Å². The number of nitrogens with zero attached hydrogens (tertiary/aromatic N) is 1. The minimum atomic E-state index is -0.309. The summed E-state index contributed by atoms with van der Waals surface area (Å²) in [6.07, 6.45) is 3.23. The van der Waals surface area contributed by atoms with Gasteiger partial charge < -0.3 is 4.74 Å². The molecule has 0 saturated carbocycles. The van der Waals surface area contributed by atoms with E-state index in [-0.39, 0.29) is 12.1 Å². The number of cyclic esters (lactones) is 1. The summed E-state index contributed by atoms with van der Waals surface area (Å²) in [6, 6.07) is 9.81. The summed E-state index contributed by atoms with van der Waals surface area (Å²) >= 11 is 0. The number of hydrogen-bond acceptors (Lipinski definition) is 2.